The third-order valence-electron chi connectivity index (χ3n) is 4.34. The average Bonchev–Trinajstić information content (AvgIpc) is 3.06. The second-order valence-electron chi connectivity index (χ2n) is 6.24. The lowest BCUT2D eigenvalue weighted by Crippen LogP contribution is -2.34. The van der Waals surface area contributed by atoms with E-state index in [1.165, 1.54) is 4.90 Å². The van der Waals surface area contributed by atoms with Gasteiger partial charge in [0.05, 0.1) is 20.2 Å². The van der Waals surface area contributed by atoms with E-state index in [0.717, 1.165) is 17.0 Å². The van der Waals surface area contributed by atoms with Crippen LogP contribution in [-0.4, -0.2) is 38.3 Å². The van der Waals surface area contributed by atoms with E-state index in [0.29, 0.717) is 24.4 Å². The molecule has 0 aromatic heterocycles. The topological polar surface area (TPSA) is 67.9 Å². The molecular weight excluding hydrogens is 368 g/mol. The van der Waals surface area contributed by atoms with Crippen LogP contribution in [0.25, 0.3) is 0 Å². The lowest BCUT2D eigenvalue weighted by Gasteiger charge is -2.13. The number of carbonyl (C=O) groups is 2. The summed E-state index contributed by atoms with van der Waals surface area (Å²) in [6, 6.07) is 14.6. The molecule has 1 saturated heterocycles. The molecule has 0 radical (unpaired) electrons. The number of ether oxygens (including phenoxy) is 2. The van der Waals surface area contributed by atoms with Crippen LogP contribution in [-0.2, 0) is 16.0 Å². The van der Waals surface area contributed by atoms with Crippen LogP contribution >= 0.6 is 11.6 Å². The molecule has 1 aliphatic rings. The monoisotopic (exact) mass is 388 g/mol. The Balaban J connectivity index is 1.43. The largest absolute Gasteiger partial charge is 0.497 e. The van der Waals surface area contributed by atoms with Gasteiger partial charge in [-0.05, 0) is 48.4 Å². The van der Waals surface area contributed by atoms with Crippen molar-refractivity contribution in [2.24, 2.45) is 0 Å². The van der Waals surface area contributed by atoms with Crippen molar-refractivity contribution in [1.82, 2.24) is 5.32 Å². The average molecular weight is 389 g/mol. The SMILES string of the molecule is COc1ccc(CCC(=O)NCC2CN(c3ccc(Cl)cc3)C(=O)O2)cc1. The van der Waals surface area contributed by atoms with E-state index in [-0.39, 0.29) is 18.6 Å². The van der Waals surface area contributed by atoms with Crippen LogP contribution in [0, 0.1) is 0 Å². The second-order valence-corrected chi connectivity index (χ2v) is 6.68. The molecule has 0 saturated carbocycles. The Morgan fingerprint density at radius 3 is 2.59 bits per heavy atom. The number of methoxy groups -OCH3 is 1. The minimum Gasteiger partial charge on any atom is -0.497 e. The predicted octanol–water partition coefficient (Wildman–Crippen LogP) is 3.42. The van der Waals surface area contributed by atoms with Gasteiger partial charge in [-0.15, -0.1) is 0 Å². The summed E-state index contributed by atoms with van der Waals surface area (Å²) in [5.74, 6) is 0.711. The van der Waals surface area contributed by atoms with E-state index in [1.54, 1.807) is 31.4 Å². The first kappa shape index (κ1) is 19.0. The zero-order chi connectivity index (χ0) is 19.2. The number of benzene rings is 2. The number of hydrogen-bond acceptors (Lipinski definition) is 4. The van der Waals surface area contributed by atoms with E-state index in [2.05, 4.69) is 5.32 Å². The molecule has 1 heterocycles. The van der Waals surface area contributed by atoms with Crippen molar-refractivity contribution in [2.45, 2.75) is 18.9 Å². The number of aryl methyl sites for hydroxylation is 1. The Bertz CT molecular complexity index is 793. The molecule has 7 heteroatoms. The lowest BCUT2D eigenvalue weighted by atomic mass is 10.1. The number of hydrogen-bond donors (Lipinski definition) is 1. The van der Waals surface area contributed by atoms with Crippen LogP contribution in [0.5, 0.6) is 5.75 Å². The highest BCUT2D eigenvalue weighted by molar-refractivity contribution is 6.30. The minimum atomic E-state index is -0.421. The minimum absolute atomic E-state index is 0.0770. The van der Waals surface area contributed by atoms with Crippen molar-refractivity contribution in [3.05, 3.63) is 59.1 Å². The maximum Gasteiger partial charge on any atom is 0.414 e. The first-order valence-electron chi connectivity index (χ1n) is 8.68. The predicted molar refractivity (Wildman–Crippen MR) is 103 cm³/mol. The van der Waals surface area contributed by atoms with Crippen LogP contribution in [0.3, 0.4) is 0 Å². The highest BCUT2D eigenvalue weighted by atomic mass is 35.5. The van der Waals surface area contributed by atoms with Gasteiger partial charge in [-0.3, -0.25) is 9.69 Å². The molecule has 1 fully saturated rings. The fraction of sp³-hybridized carbons (Fsp3) is 0.300. The Kier molecular flexibility index (Phi) is 6.19. The van der Waals surface area contributed by atoms with Crippen molar-refractivity contribution in [3.63, 3.8) is 0 Å². The molecule has 0 spiro atoms. The number of cyclic esters (lactones) is 1. The molecular formula is C20H21ClN2O4. The van der Waals surface area contributed by atoms with Gasteiger partial charge in [0.15, 0.2) is 0 Å². The summed E-state index contributed by atoms with van der Waals surface area (Å²) in [7, 11) is 1.62. The standard InChI is InChI=1S/C20H21ClN2O4/c1-26-17-9-2-14(3-10-17)4-11-19(24)22-12-18-13-23(20(25)27-18)16-7-5-15(21)6-8-16/h2-3,5-10,18H,4,11-13H2,1H3,(H,22,24). The van der Waals surface area contributed by atoms with Gasteiger partial charge in [-0.1, -0.05) is 23.7 Å². The molecule has 0 bridgehead atoms. The third kappa shape index (κ3) is 5.14. The number of rotatable bonds is 7. The van der Waals surface area contributed by atoms with Crippen LogP contribution < -0.4 is 15.0 Å². The maximum absolute atomic E-state index is 12.1. The molecule has 0 aliphatic carbocycles. The van der Waals surface area contributed by atoms with Crippen LogP contribution in [0.1, 0.15) is 12.0 Å². The quantitative estimate of drug-likeness (QED) is 0.789. The summed E-state index contributed by atoms with van der Waals surface area (Å²) in [4.78, 5) is 25.6. The summed E-state index contributed by atoms with van der Waals surface area (Å²) in [6.07, 6.45) is 0.207. The summed E-state index contributed by atoms with van der Waals surface area (Å²) in [6.45, 7) is 0.677. The van der Waals surface area contributed by atoms with Crippen molar-refractivity contribution in [3.8, 4) is 5.75 Å². The molecule has 27 heavy (non-hydrogen) atoms. The van der Waals surface area contributed by atoms with E-state index < -0.39 is 6.09 Å². The molecule has 2 aromatic rings. The zero-order valence-corrected chi connectivity index (χ0v) is 15.7. The number of carbonyl (C=O) groups excluding carboxylic acids is 2. The van der Waals surface area contributed by atoms with Gasteiger partial charge in [0.2, 0.25) is 5.91 Å². The Labute approximate surface area is 163 Å². The number of amides is 2. The molecule has 3 rings (SSSR count). The van der Waals surface area contributed by atoms with E-state index in [9.17, 15) is 9.59 Å². The summed E-state index contributed by atoms with van der Waals surface area (Å²) in [5.41, 5.74) is 1.78. The van der Waals surface area contributed by atoms with Crippen molar-refractivity contribution in [2.75, 3.05) is 25.1 Å². The Morgan fingerprint density at radius 1 is 1.22 bits per heavy atom. The molecule has 6 nitrogen and oxygen atoms in total. The van der Waals surface area contributed by atoms with Gasteiger partial charge < -0.3 is 14.8 Å². The van der Waals surface area contributed by atoms with Crippen molar-refractivity contribution >= 4 is 29.3 Å². The molecule has 1 aliphatic heterocycles. The zero-order valence-electron chi connectivity index (χ0n) is 15.0. The van der Waals surface area contributed by atoms with Gasteiger partial charge in [-0.25, -0.2) is 4.79 Å². The fourth-order valence-corrected chi connectivity index (χ4v) is 2.95. The lowest BCUT2D eigenvalue weighted by molar-refractivity contribution is -0.121. The second kappa shape index (κ2) is 8.77. The summed E-state index contributed by atoms with van der Waals surface area (Å²) in [5, 5.41) is 3.43. The van der Waals surface area contributed by atoms with E-state index >= 15 is 0 Å². The Hall–Kier alpha value is -2.73. The summed E-state index contributed by atoms with van der Waals surface area (Å²) >= 11 is 5.87. The molecule has 142 valence electrons. The molecule has 2 amide bonds. The smallest absolute Gasteiger partial charge is 0.414 e. The third-order valence-corrected chi connectivity index (χ3v) is 4.59. The van der Waals surface area contributed by atoms with Gasteiger partial charge in [0.25, 0.3) is 0 Å². The normalized spacial score (nSPS) is 16.1. The Morgan fingerprint density at radius 2 is 1.93 bits per heavy atom. The highest BCUT2D eigenvalue weighted by Crippen LogP contribution is 2.23. The first-order chi connectivity index (χ1) is 13.0. The maximum atomic E-state index is 12.1. The van der Waals surface area contributed by atoms with Crippen LogP contribution in [0.4, 0.5) is 10.5 Å². The molecule has 1 atom stereocenters. The van der Waals surface area contributed by atoms with Gasteiger partial charge in [0.1, 0.15) is 11.9 Å². The van der Waals surface area contributed by atoms with Gasteiger partial charge >= 0.3 is 6.09 Å². The number of nitrogens with zero attached hydrogens (tertiary/aromatic N) is 1. The number of anilines is 1. The van der Waals surface area contributed by atoms with E-state index in [1.807, 2.05) is 24.3 Å². The molecule has 1 unspecified atom stereocenters. The fourth-order valence-electron chi connectivity index (χ4n) is 2.83. The molecule has 1 N–H and O–H groups in total. The van der Waals surface area contributed by atoms with Gasteiger partial charge in [0, 0.05) is 17.1 Å². The summed E-state index contributed by atoms with van der Waals surface area (Å²) < 4.78 is 10.4. The van der Waals surface area contributed by atoms with Crippen molar-refractivity contribution in [1.29, 1.82) is 0 Å². The van der Waals surface area contributed by atoms with Gasteiger partial charge in [-0.2, -0.15) is 0 Å². The van der Waals surface area contributed by atoms with E-state index in [4.69, 9.17) is 21.1 Å². The molecule has 2 aromatic carbocycles. The number of halogens is 1. The van der Waals surface area contributed by atoms with Crippen LogP contribution in [0.15, 0.2) is 48.5 Å². The van der Waals surface area contributed by atoms with Crippen LogP contribution in [0.2, 0.25) is 5.02 Å². The highest BCUT2D eigenvalue weighted by Gasteiger charge is 2.32. The number of nitrogens with one attached hydrogen (secondary N) is 1. The van der Waals surface area contributed by atoms with Crippen molar-refractivity contribution < 1.29 is 19.1 Å². The first-order valence-corrected chi connectivity index (χ1v) is 9.06.